The van der Waals surface area contributed by atoms with Crippen LogP contribution in [0.15, 0.2) is 30.0 Å². The Labute approximate surface area is 95.2 Å². The minimum atomic E-state index is -0.571. The lowest BCUT2D eigenvalue weighted by Crippen LogP contribution is -2.04. The smallest absolute Gasteiger partial charge is 0.336 e. The predicted octanol–water partition coefficient (Wildman–Crippen LogP) is 2.82. The summed E-state index contributed by atoms with van der Waals surface area (Å²) in [6, 6.07) is 7.58. The van der Waals surface area contributed by atoms with Crippen LogP contribution >= 0.6 is 0 Å². The lowest BCUT2D eigenvalue weighted by Gasteiger charge is -2.00. The molecule has 0 aliphatic rings. The molecule has 0 saturated carbocycles. The number of benzene rings is 1. The third-order valence-corrected chi connectivity index (χ3v) is 1.99. The molecule has 0 aromatic heterocycles. The van der Waals surface area contributed by atoms with Gasteiger partial charge in [0.25, 0.3) is 5.70 Å². The maximum Gasteiger partial charge on any atom is 0.336 e. The third kappa shape index (κ3) is 3.25. The number of esters is 1. The highest BCUT2D eigenvalue weighted by atomic mass is 16.5. The van der Waals surface area contributed by atoms with E-state index in [-0.39, 0.29) is 12.3 Å². The van der Waals surface area contributed by atoms with Crippen LogP contribution in [0.2, 0.25) is 0 Å². The zero-order valence-corrected chi connectivity index (χ0v) is 9.36. The van der Waals surface area contributed by atoms with E-state index in [1.54, 1.807) is 6.92 Å². The van der Waals surface area contributed by atoms with E-state index in [0.29, 0.717) is 0 Å². The monoisotopic (exact) mass is 215 g/mol. The van der Waals surface area contributed by atoms with Crippen molar-refractivity contribution < 1.29 is 9.53 Å². The quantitative estimate of drug-likeness (QED) is 0.441. The largest absolute Gasteiger partial charge is 0.471 e. The highest BCUT2D eigenvalue weighted by Crippen LogP contribution is 2.10. The molecule has 16 heavy (non-hydrogen) atoms. The fourth-order valence-electron chi connectivity index (χ4n) is 1.16. The van der Waals surface area contributed by atoms with E-state index in [4.69, 9.17) is 11.3 Å². The lowest BCUT2D eigenvalue weighted by atomic mass is 10.1. The van der Waals surface area contributed by atoms with Gasteiger partial charge in [-0.05, 0) is 25.5 Å². The second kappa shape index (κ2) is 5.72. The minimum Gasteiger partial charge on any atom is -0.471 e. The second-order valence-electron chi connectivity index (χ2n) is 3.27. The highest BCUT2D eigenvalue weighted by molar-refractivity contribution is 5.95. The van der Waals surface area contributed by atoms with Gasteiger partial charge < -0.3 is 4.74 Å². The van der Waals surface area contributed by atoms with Gasteiger partial charge in [-0.15, -0.1) is 0 Å². The van der Waals surface area contributed by atoms with Gasteiger partial charge >= 0.3 is 5.97 Å². The number of hydrogen-bond acceptors (Lipinski definition) is 2. The number of nitrogens with zero attached hydrogens (tertiary/aromatic N) is 1. The van der Waals surface area contributed by atoms with Crippen LogP contribution in [0.1, 0.15) is 18.1 Å². The Hall–Kier alpha value is -2.08. The van der Waals surface area contributed by atoms with E-state index in [1.807, 2.05) is 31.2 Å². The van der Waals surface area contributed by atoms with Crippen LogP contribution in [0.5, 0.6) is 0 Å². The van der Waals surface area contributed by atoms with Gasteiger partial charge in [0.2, 0.25) is 0 Å². The lowest BCUT2D eigenvalue weighted by molar-refractivity contribution is -0.138. The number of aryl methyl sites for hydroxylation is 1. The molecule has 0 saturated heterocycles. The van der Waals surface area contributed by atoms with Crippen molar-refractivity contribution in [3.05, 3.63) is 52.5 Å². The van der Waals surface area contributed by atoms with Gasteiger partial charge in [0.1, 0.15) is 0 Å². The summed E-state index contributed by atoms with van der Waals surface area (Å²) >= 11 is 0. The molecule has 0 N–H and O–H groups in total. The van der Waals surface area contributed by atoms with Gasteiger partial charge in [-0.3, -0.25) is 4.79 Å². The van der Waals surface area contributed by atoms with E-state index >= 15 is 0 Å². The zero-order chi connectivity index (χ0) is 12.0. The molecule has 0 radical (unpaired) electrons. The summed E-state index contributed by atoms with van der Waals surface area (Å²) in [5, 5.41) is 0. The van der Waals surface area contributed by atoms with Gasteiger partial charge in [-0.25, -0.2) is 4.85 Å². The first-order valence-corrected chi connectivity index (χ1v) is 5.00. The molecule has 0 unspecified atom stereocenters. The van der Waals surface area contributed by atoms with Crippen LogP contribution < -0.4 is 0 Å². The SMILES string of the molecule is [C-]#[N+]C(=Cc1ccc(C)cc1)C(=O)OCC. The van der Waals surface area contributed by atoms with Crippen LogP contribution in [0.4, 0.5) is 0 Å². The predicted molar refractivity (Wildman–Crippen MR) is 62.4 cm³/mol. The Morgan fingerprint density at radius 2 is 2.06 bits per heavy atom. The maximum absolute atomic E-state index is 11.3. The average Bonchev–Trinajstić information content (AvgIpc) is 2.28. The van der Waals surface area contributed by atoms with E-state index < -0.39 is 5.97 Å². The van der Waals surface area contributed by atoms with Gasteiger partial charge in [0, 0.05) is 0 Å². The molecule has 0 amide bonds. The van der Waals surface area contributed by atoms with E-state index in [0.717, 1.165) is 11.1 Å². The first-order chi connectivity index (χ1) is 7.67. The van der Waals surface area contributed by atoms with E-state index in [9.17, 15) is 4.79 Å². The van der Waals surface area contributed by atoms with Crippen LogP contribution in [0.3, 0.4) is 0 Å². The topological polar surface area (TPSA) is 30.7 Å². The Kier molecular flexibility index (Phi) is 4.28. The molecular weight excluding hydrogens is 202 g/mol. The molecule has 1 aromatic rings. The van der Waals surface area contributed by atoms with Crippen molar-refractivity contribution in [2.45, 2.75) is 13.8 Å². The molecule has 0 fully saturated rings. The fourth-order valence-corrected chi connectivity index (χ4v) is 1.16. The molecule has 1 aromatic carbocycles. The van der Waals surface area contributed by atoms with Crippen LogP contribution in [-0.4, -0.2) is 12.6 Å². The summed E-state index contributed by atoms with van der Waals surface area (Å²) in [7, 11) is 0. The molecule has 0 heterocycles. The third-order valence-electron chi connectivity index (χ3n) is 1.99. The van der Waals surface area contributed by atoms with Crippen molar-refractivity contribution in [1.82, 2.24) is 0 Å². The summed E-state index contributed by atoms with van der Waals surface area (Å²) in [6.45, 7) is 10.9. The van der Waals surface area contributed by atoms with Crippen LogP contribution in [0, 0.1) is 13.5 Å². The zero-order valence-electron chi connectivity index (χ0n) is 9.36. The Balaban J connectivity index is 2.92. The van der Waals surface area contributed by atoms with E-state index in [1.165, 1.54) is 6.08 Å². The van der Waals surface area contributed by atoms with Gasteiger partial charge in [-0.1, -0.05) is 29.8 Å². The summed E-state index contributed by atoms with van der Waals surface area (Å²) in [6.07, 6.45) is 1.53. The van der Waals surface area contributed by atoms with Gasteiger partial charge in [0.05, 0.1) is 13.2 Å². The van der Waals surface area contributed by atoms with Crippen LogP contribution in [-0.2, 0) is 9.53 Å². The molecule has 0 aliphatic heterocycles. The van der Waals surface area contributed by atoms with Gasteiger partial charge in [0.15, 0.2) is 0 Å². The Morgan fingerprint density at radius 1 is 1.44 bits per heavy atom. The number of rotatable bonds is 3. The first kappa shape index (κ1) is 12.0. The number of carbonyl (C=O) groups is 1. The molecule has 0 bridgehead atoms. The number of carbonyl (C=O) groups excluding carboxylic acids is 1. The summed E-state index contributed by atoms with van der Waals surface area (Å²) in [5.74, 6) is -0.571. The summed E-state index contributed by atoms with van der Waals surface area (Å²) < 4.78 is 4.77. The summed E-state index contributed by atoms with van der Waals surface area (Å²) in [5.41, 5.74) is 1.97. The molecule has 1 rings (SSSR count). The number of hydrogen-bond donors (Lipinski definition) is 0. The molecule has 82 valence electrons. The van der Waals surface area contributed by atoms with Crippen molar-refractivity contribution >= 4 is 12.0 Å². The molecular formula is C13H13NO2. The molecule has 0 atom stereocenters. The Bertz CT molecular complexity index is 438. The minimum absolute atomic E-state index is 0.00528. The molecule has 3 heteroatoms. The normalized spacial score (nSPS) is 10.7. The van der Waals surface area contributed by atoms with Gasteiger partial charge in [-0.2, -0.15) is 0 Å². The van der Waals surface area contributed by atoms with Crippen molar-refractivity contribution in [3.63, 3.8) is 0 Å². The number of ether oxygens (including phenoxy) is 1. The fraction of sp³-hybridized carbons (Fsp3) is 0.231. The molecule has 3 nitrogen and oxygen atoms in total. The second-order valence-corrected chi connectivity index (χ2v) is 3.27. The van der Waals surface area contributed by atoms with E-state index in [2.05, 4.69) is 4.85 Å². The van der Waals surface area contributed by atoms with Crippen molar-refractivity contribution in [2.75, 3.05) is 6.61 Å². The highest BCUT2D eigenvalue weighted by Gasteiger charge is 2.09. The standard InChI is InChI=1S/C13H13NO2/c1-4-16-13(15)12(14-3)9-11-7-5-10(2)6-8-11/h5-9H,4H2,1-2H3. The first-order valence-electron chi connectivity index (χ1n) is 5.00. The average molecular weight is 215 g/mol. The maximum atomic E-state index is 11.3. The van der Waals surface area contributed by atoms with Crippen molar-refractivity contribution in [1.29, 1.82) is 0 Å². The summed E-state index contributed by atoms with van der Waals surface area (Å²) in [4.78, 5) is 14.5. The van der Waals surface area contributed by atoms with Crippen LogP contribution in [0.25, 0.3) is 10.9 Å². The Morgan fingerprint density at radius 3 is 2.56 bits per heavy atom. The molecule has 0 spiro atoms. The van der Waals surface area contributed by atoms with Crippen molar-refractivity contribution in [2.24, 2.45) is 0 Å². The van der Waals surface area contributed by atoms with Crippen molar-refractivity contribution in [3.8, 4) is 0 Å². The molecule has 0 aliphatic carbocycles.